The highest BCUT2D eigenvalue weighted by Crippen LogP contribution is 2.36. The van der Waals surface area contributed by atoms with Gasteiger partial charge in [0.2, 0.25) is 0 Å². The van der Waals surface area contributed by atoms with Gasteiger partial charge in [0.1, 0.15) is 6.29 Å². The lowest BCUT2D eigenvalue weighted by atomic mass is 9.76. The summed E-state index contributed by atoms with van der Waals surface area (Å²) in [6.07, 6.45) is 0.795. The maximum Gasteiger partial charge on any atom is 0.150 e. The standard InChI is InChI=1S/C13H17FO/c1-13(2,3)12(8-14)11-7-5-4-6-10(11)9-15/h4-7,9,12H,8H2,1-3H3. The summed E-state index contributed by atoms with van der Waals surface area (Å²) in [5.74, 6) is -0.223. The summed E-state index contributed by atoms with van der Waals surface area (Å²) < 4.78 is 13.0. The molecule has 0 heterocycles. The summed E-state index contributed by atoms with van der Waals surface area (Å²) in [5.41, 5.74) is 1.23. The summed E-state index contributed by atoms with van der Waals surface area (Å²) in [6, 6.07) is 7.21. The molecule has 0 amide bonds. The van der Waals surface area contributed by atoms with Gasteiger partial charge < -0.3 is 0 Å². The molecule has 82 valence electrons. The smallest absolute Gasteiger partial charge is 0.150 e. The van der Waals surface area contributed by atoms with Gasteiger partial charge in [-0.05, 0) is 11.0 Å². The Morgan fingerprint density at radius 2 is 1.93 bits per heavy atom. The Kier molecular flexibility index (Phi) is 3.61. The van der Waals surface area contributed by atoms with Gasteiger partial charge in [0, 0.05) is 11.5 Å². The molecule has 1 nitrogen and oxygen atoms in total. The molecule has 0 spiro atoms. The molecule has 0 aliphatic carbocycles. The van der Waals surface area contributed by atoms with Gasteiger partial charge in [-0.3, -0.25) is 9.18 Å². The van der Waals surface area contributed by atoms with Crippen molar-refractivity contribution in [2.24, 2.45) is 5.41 Å². The van der Waals surface area contributed by atoms with E-state index >= 15 is 0 Å². The van der Waals surface area contributed by atoms with Crippen molar-refractivity contribution in [3.05, 3.63) is 35.4 Å². The molecule has 0 N–H and O–H groups in total. The number of carbonyl (C=O) groups is 1. The number of rotatable bonds is 3. The van der Waals surface area contributed by atoms with Crippen LogP contribution < -0.4 is 0 Å². The lowest BCUT2D eigenvalue weighted by molar-refractivity contribution is 0.112. The maximum atomic E-state index is 13.0. The summed E-state index contributed by atoms with van der Waals surface area (Å²) in [5, 5.41) is 0. The van der Waals surface area contributed by atoms with Crippen LogP contribution in [0.15, 0.2) is 24.3 Å². The second-order valence-corrected chi connectivity index (χ2v) is 4.82. The molecule has 0 aliphatic heterocycles. The third-order valence-corrected chi connectivity index (χ3v) is 2.70. The highest BCUT2D eigenvalue weighted by Gasteiger charge is 2.27. The molecule has 0 saturated heterocycles. The van der Waals surface area contributed by atoms with E-state index in [-0.39, 0.29) is 11.3 Å². The molecule has 2 heteroatoms. The second-order valence-electron chi connectivity index (χ2n) is 4.82. The fourth-order valence-electron chi connectivity index (χ4n) is 1.72. The monoisotopic (exact) mass is 208 g/mol. The molecule has 0 aromatic heterocycles. The van der Waals surface area contributed by atoms with Crippen LogP contribution in [0, 0.1) is 5.41 Å². The van der Waals surface area contributed by atoms with Gasteiger partial charge in [0.15, 0.2) is 0 Å². The molecule has 0 aliphatic rings. The van der Waals surface area contributed by atoms with Crippen LogP contribution in [-0.2, 0) is 0 Å². The van der Waals surface area contributed by atoms with E-state index in [0.717, 1.165) is 11.8 Å². The Morgan fingerprint density at radius 1 is 1.33 bits per heavy atom. The van der Waals surface area contributed by atoms with E-state index in [9.17, 15) is 9.18 Å². The molecule has 15 heavy (non-hydrogen) atoms. The number of aldehydes is 1. The van der Waals surface area contributed by atoms with Crippen molar-refractivity contribution in [2.75, 3.05) is 6.67 Å². The van der Waals surface area contributed by atoms with Crippen LogP contribution in [0.5, 0.6) is 0 Å². The fraction of sp³-hybridized carbons (Fsp3) is 0.462. The van der Waals surface area contributed by atoms with Crippen LogP contribution in [0.3, 0.4) is 0 Å². The molecule has 0 saturated carbocycles. The minimum atomic E-state index is -0.436. The summed E-state index contributed by atoms with van der Waals surface area (Å²) in [6.45, 7) is 5.52. The van der Waals surface area contributed by atoms with Crippen molar-refractivity contribution in [1.82, 2.24) is 0 Å². The SMILES string of the molecule is CC(C)(C)C(CF)c1ccccc1C=O. The number of carbonyl (C=O) groups excluding carboxylic acids is 1. The molecule has 0 radical (unpaired) electrons. The number of halogens is 1. The average molecular weight is 208 g/mol. The van der Waals surface area contributed by atoms with Gasteiger partial charge in [0.05, 0.1) is 6.67 Å². The zero-order valence-electron chi connectivity index (χ0n) is 9.46. The molecular formula is C13H17FO. The first-order valence-corrected chi connectivity index (χ1v) is 5.10. The van der Waals surface area contributed by atoms with E-state index in [1.807, 2.05) is 32.9 Å². The highest BCUT2D eigenvalue weighted by molar-refractivity contribution is 5.77. The molecule has 1 unspecified atom stereocenters. The Morgan fingerprint density at radius 3 is 2.40 bits per heavy atom. The molecule has 1 atom stereocenters. The van der Waals surface area contributed by atoms with Crippen LogP contribution in [0.4, 0.5) is 4.39 Å². The largest absolute Gasteiger partial charge is 0.298 e. The average Bonchev–Trinajstić information content (AvgIpc) is 2.17. The van der Waals surface area contributed by atoms with Crippen LogP contribution >= 0.6 is 0 Å². The number of hydrogen-bond acceptors (Lipinski definition) is 1. The summed E-state index contributed by atoms with van der Waals surface area (Å²) >= 11 is 0. The topological polar surface area (TPSA) is 17.1 Å². The Balaban J connectivity index is 3.17. The van der Waals surface area contributed by atoms with Crippen molar-refractivity contribution in [3.63, 3.8) is 0 Å². The normalized spacial score (nSPS) is 13.6. The second kappa shape index (κ2) is 4.56. The van der Waals surface area contributed by atoms with E-state index in [4.69, 9.17) is 0 Å². The van der Waals surface area contributed by atoms with Crippen LogP contribution in [0.25, 0.3) is 0 Å². The minimum absolute atomic E-state index is 0.173. The van der Waals surface area contributed by atoms with Gasteiger partial charge >= 0.3 is 0 Å². The lowest BCUT2D eigenvalue weighted by Gasteiger charge is -2.29. The first kappa shape index (κ1) is 11.9. The molecule has 0 bridgehead atoms. The zero-order valence-corrected chi connectivity index (χ0v) is 9.46. The molecule has 1 rings (SSSR count). The van der Waals surface area contributed by atoms with Gasteiger partial charge in [-0.2, -0.15) is 0 Å². The first-order chi connectivity index (χ1) is 7.00. The van der Waals surface area contributed by atoms with Crippen LogP contribution in [-0.4, -0.2) is 13.0 Å². The van der Waals surface area contributed by atoms with E-state index in [1.165, 1.54) is 0 Å². The van der Waals surface area contributed by atoms with Crippen molar-refractivity contribution in [1.29, 1.82) is 0 Å². The van der Waals surface area contributed by atoms with E-state index in [2.05, 4.69) is 0 Å². The first-order valence-electron chi connectivity index (χ1n) is 5.10. The number of alkyl halides is 1. The van der Waals surface area contributed by atoms with E-state index in [1.54, 1.807) is 12.1 Å². The fourth-order valence-corrected chi connectivity index (χ4v) is 1.72. The van der Waals surface area contributed by atoms with Crippen LogP contribution in [0.1, 0.15) is 42.6 Å². The Bertz CT molecular complexity index is 339. The Hall–Kier alpha value is -1.18. The number of hydrogen-bond donors (Lipinski definition) is 0. The van der Waals surface area contributed by atoms with Crippen molar-refractivity contribution >= 4 is 6.29 Å². The van der Waals surface area contributed by atoms with Gasteiger partial charge in [-0.1, -0.05) is 45.0 Å². The molecule has 0 fully saturated rings. The number of benzene rings is 1. The van der Waals surface area contributed by atoms with Crippen molar-refractivity contribution in [2.45, 2.75) is 26.7 Å². The van der Waals surface area contributed by atoms with Gasteiger partial charge in [-0.15, -0.1) is 0 Å². The van der Waals surface area contributed by atoms with Crippen LogP contribution in [0.2, 0.25) is 0 Å². The quantitative estimate of drug-likeness (QED) is 0.694. The van der Waals surface area contributed by atoms with E-state index < -0.39 is 6.67 Å². The summed E-state index contributed by atoms with van der Waals surface area (Å²) in [7, 11) is 0. The van der Waals surface area contributed by atoms with E-state index in [0.29, 0.717) is 5.56 Å². The highest BCUT2D eigenvalue weighted by atomic mass is 19.1. The van der Waals surface area contributed by atoms with Crippen molar-refractivity contribution in [3.8, 4) is 0 Å². The van der Waals surface area contributed by atoms with Gasteiger partial charge in [-0.25, -0.2) is 0 Å². The third-order valence-electron chi connectivity index (χ3n) is 2.70. The molecule has 1 aromatic rings. The molecular weight excluding hydrogens is 191 g/mol. The predicted octanol–water partition coefficient (Wildman–Crippen LogP) is 3.60. The Labute approximate surface area is 90.3 Å². The molecule has 1 aromatic carbocycles. The summed E-state index contributed by atoms with van der Waals surface area (Å²) in [4.78, 5) is 10.9. The third kappa shape index (κ3) is 2.65. The lowest BCUT2D eigenvalue weighted by Crippen LogP contribution is -2.21. The predicted molar refractivity (Wildman–Crippen MR) is 60.0 cm³/mol. The van der Waals surface area contributed by atoms with Gasteiger partial charge in [0.25, 0.3) is 0 Å². The maximum absolute atomic E-state index is 13.0. The van der Waals surface area contributed by atoms with Crippen molar-refractivity contribution < 1.29 is 9.18 Å². The minimum Gasteiger partial charge on any atom is -0.298 e. The zero-order chi connectivity index (χ0) is 11.5.